The minimum absolute atomic E-state index is 0.153. The zero-order valence-corrected chi connectivity index (χ0v) is 11.6. The van der Waals surface area contributed by atoms with Crippen molar-refractivity contribution in [3.8, 4) is 5.75 Å². The Kier molecular flexibility index (Phi) is 3.38. The minimum Gasteiger partial charge on any atom is -0.496 e. The van der Waals surface area contributed by atoms with Crippen molar-refractivity contribution in [3.63, 3.8) is 0 Å². The number of hydrogen-bond donors (Lipinski definition) is 1. The molecule has 22 heavy (non-hydrogen) atoms. The molecule has 3 rings (SSSR count). The summed E-state index contributed by atoms with van der Waals surface area (Å²) in [6.07, 6.45) is -0.754. The van der Waals surface area contributed by atoms with E-state index < -0.39 is 17.1 Å². The number of nitrogens with zero attached hydrogens (tertiary/aromatic N) is 1. The number of ether oxygens (including phenoxy) is 2. The van der Waals surface area contributed by atoms with Crippen molar-refractivity contribution in [1.82, 2.24) is 0 Å². The van der Waals surface area contributed by atoms with Crippen molar-refractivity contribution in [3.05, 3.63) is 63.7 Å². The molecule has 0 spiro atoms. The van der Waals surface area contributed by atoms with Crippen LogP contribution in [0.4, 0.5) is 11.4 Å². The van der Waals surface area contributed by atoms with Gasteiger partial charge in [-0.3, -0.25) is 10.1 Å². The topological polar surface area (TPSA) is 90.7 Å². The summed E-state index contributed by atoms with van der Waals surface area (Å²) in [5.41, 5.74) is 1.20. The number of benzene rings is 2. The lowest BCUT2D eigenvalue weighted by atomic mass is 10.1. The number of nitrogens with one attached hydrogen (secondary N) is 1. The van der Waals surface area contributed by atoms with Gasteiger partial charge in [0.15, 0.2) is 0 Å². The van der Waals surface area contributed by atoms with Crippen molar-refractivity contribution in [1.29, 1.82) is 0 Å². The van der Waals surface area contributed by atoms with Gasteiger partial charge in [0.05, 0.1) is 23.7 Å². The Bertz CT molecular complexity index is 759. The van der Waals surface area contributed by atoms with E-state index in [2.05, 4.69) is 5.32 Å². The number of rotatable bonds is 4. The normalized spacial score (nSPS) is 15.9. The van der Waals surface area contributed by atoms with Crippen molar-refractivity contribution >= 4 is 17.3 Å². The summed E-state index contributed by atoms with van der Waals surface area (Å²) in [6.45, 7) is 0. The third-order valence-corrected chi connectivity index (χ3v) is 3.38. The largest absolute Gasteiger partial charge is 0.496 e. The van der Waals surface area contributed by atoms with Gasteiger partial charge in [0, 0.05) is 5.56 Å². The maximum Gasteiger partial charge on any atom is 0.340 e. The third kappa shape index (κ3) is 2.32. The van der Waals surface area contributed by atoms with E-state index in [1.165, 1.54) is 19.2 Å². The Morgan fingerprint density at radius 3 is 2.77 bits per heavy atom. The van der Waals surface area contributed by atoms with Crippen LogP contribution in [0, 0.1) is 10.1 Å². The van der Waals surface area contributed by atoms with Crippen molar-refractivity contribution in [2.75, 3.05) is 12.4 Å². The fourth-order valence-corrected chi connectivity index (χ4v) is 2.31. The highest BCUT2D eigenvalue weighted by atomic mass is 16.6. The van der Waals surface area contributed by atoms with Gasteiger partial charge in [-0.1, -0.05) is 18.2 Å². The van der Waals surface area contributed by atoms with Crippen LogP contribution in [0.15, 0.2) is 42.5 Å². The second-order valence-electron chi connectivity index (χ2n) is 4.66. The molecule has 0 unspecified atom stereocenters. The highest BCUT2D eigenvalue weighted by molar-refractivity contribution is 5.94. The first-order chi connectivity index (χ1) is 10.6. The number of nitro groups is 1. The van der Waals surface area contributed by atoms with E-state index in [4.69, 9.17) is 9.47 Å². The van der Waals surface area contributed by atoms with Gasteiger partial charge in [-0.25, -0.2) is 4.79 Å². The van der Waals surface area contributed by atoms with E-state index in [-0.39, 0.29) is 11.4 Å². The molecule has 0 aliphatic carbocycles. The zero-order valence-electron chi connectivity index (χ0n) is 11.6. The maximum absolute atomic E-state index is 11.8. The Hall–Kier alpha value is -3.09. The number of nitro benzene ring substituents is 1. The average molecular weight is 300 g/mol. The fraction of sp³-hybridized carbons (Fsp3) is 0.133. The molecule has 1 aliphatic rings. The van der Waals surface area contributed by atoms with Gasteiger partial charge in [0.25, 0.3) is 5.69 Å². The smallest absolute Gasteiger partial charge is 0.340 e. The van der Waals surface area contributed by atoms with Gasteiger partial charge >= 0.3 is 5.97 Å². The van der Waals surface area contributed by atoms with Crippen molar-refractivity contribution < 1.29 is 19.2 Å². The summed E-state index contributed by atoms with van der Waals surface area (Å²) in [4.78, 5) is 22.4. The van der Waals surface area contributed by atoms with Gasteiger partial charge in [-0.2, -0.15) is 0 Å². The van der Waals surface area contributed by atoms with Crippen LogP contribution in [0.2, 0.25) is 0 Å². The number of esters is 1. The van der Waals surface area contributed by atoms with E-state index in [1.807, 2.05) is 0 Å². The standard InChI is InChI=1S/C15H12N2O5/c1-21-9-6-7-12(13(8-9)17(19)20)16-14-10-4-2-3-5-11(10)15(18)22-14/h2-8,14,16H,1H3/t14-/m1/s1. The molecule has 0 saturated heterocycles. The summed E-state index contributed by atoms with van der Waals surface area (Å²) in [5, 5.41) is 14.1. The van der Waals surface area contributed by atoms with Crippen LogP contribution in [0.3, 0.4) is 0 Å². The predicted molar refractivity (Wildman–Crippen MR) is 77.9 cm³/mol. The molecular formula is C15H12N2O5. The first-order valence-corrected chi connectivity index (χ1v) is 6.49. The number of carbonyl (C=O) groups excluding carboxylic acids is 1. The number of hydrogen-bond acceptors (Lipinski definition) is 6. The van der Waals surface area contributed by atoms with E-state index in [1.54, 1.807) is 30.3 Å². The molecular weight excluding hydrogens is 288 g/mol. The van der Waals surface area contributed by atoms with Crippen LogP contribution in [0.1, 0.15) is 22.1 Å². The average Bonchev–Trinajstić information content (AvgIpc) is 2.84. The highest BCUT2D eigenvalue weighted by Crippen LogP contribution is 2.35. The molecule has 1 heterocycles. The molecule has 0 radical (unpaired) electrons. The van der Waals surface area contributed by atoms with Gasteiger partial charge in [0.2, 0.25) is 6.23 Å². The zero-order chi connectivity index (χ0) is 15.7. The fourth-order valence-electron chi connectivity index (χ4n) is 2.31. The van der Waals surface area contributed by atoms with Gasteiger partial charge < -0.3 is 14.8 Å². The SMILES string of the molecule is COc1ccc(N[C@@H]2OC(=O)c3ccccc32)c([N+](=O)[O-])c1. The van der Waals surface area contributed by atoms with E-state index in [9.17, 15) is 14.9 Å². The number of methoxy groups -OCH3 is 1. The molecule has 1 N–H and O–H groups in total. The molecule has 7 heteroatoms. The Balaban J connectivity index is 1.95. The van der Waals surface area contributed by atoms with Gasteiger partial charge in [0.1, 0.15) is 11.4 Å². The van der Waals surface area contributed by atoms with Crippen LogP contribution in [-0.2, 0) is 4.74 Å². The van der Waals surface area contributed by atoms with E-state index in [0.717, 1.165) is 0 Å². The monoisotopic (exact) mass is 300 g/mol. The second-order valence-corrected chi connectivity index (χ2v) is 4.66. The lowest BCUT2D eigenvalue weighted by Gasteiger charge is -2.14. The summed E-state index contributed by atoms with van der Waals surface area (Å²) in [7, 11) is 1.43. The number of carbonyl (C=O) groups is 1. The Morgan fingerprint density at radius 2 is 2.05 bits per heavy atom. The lowest BCUT2D eigenvalue weighted by molar-refractivity contribution is -0.384. The quantitative estimate of drug-likeness (QED) is 0.530. The van der Waals surface area contributed by atoms with Crippen LogP contribution < -0.4 is 10.1 Å². The molecule has 1 aliphatic heterocycles. The summed E-state index contributed by atoms with van der Waals surface area (Å²) in [6, 6.07) is 11.3. The predicted octanol–water partition coefficient (Wildman–Crippen LogP) is 2.88. The first-order valence-electron chi connectivity index (χ1n) is 6.49. The number of fused-ring (bicyclic) bond motifs is 1. The van der Waals surface area contributed by atoms with Crippen LogP contribution >= 0.6 is 0 Å². The highest BCUT2D eigenvalue weighted by Gasteiger charge is 2.31. The molecule has 2 aromatic carbocycles. The molecule has 7 nitrogen and oxygen atoms in total. The molecule has 1 atom stereocenters. The van der Waals surface area contributed by atoms with Crippen LogP contribution in [-0.4, -0.2) is 18.0 Å². The molecule has 0 bridgehead atoms. The summed E-state index contributed by atoms with van der Waals surface area (Å²) >= 11 is 0. The van der Waals surface area contributed by atoms with Crippen molar-refractivity contribution in [2.24, 2.45) is 0 Å². The van der Waals surface area contributed by atoms with Gasteiger partial charge in [-0.05, 0) is 18.2 Å². The number of cyclic esters (lactones) is 1. The molecule has 2 aromatic rings. The first kappa shape index (κ1) is 13.9. The lowest BCUT2D eigenvalue weighted by Crippen LogP contribution is -2.11. The van der Waals surface area contributed by atoms with Crippen LogP contribution in [0.5, 0.6) is 5.75 Å². The molecule has 0 saturated carbocycles. The Morgan fingerprint density at radius 1 is 1.27 bits per heavy atom. The maximum atomic E-state index is 11.8. The van der Waals surface area contributed by atoms with Crippen molar-refractivity contribution in [2.45, 2.75) is 6.23 Å². The molecule has 112 valence electrons. The molecule has 0 amide bonds. The summed E-state index contributed by atoms with van der Waals surface area (Å²) < 4.78 is 10.2. The van der Waals surface area contributed by atoms with Crippen LogP contribution in [0.25, 0.3) is 0 Å². The summed E-state index contributed by atoms with van der Waals surface area (Å²) in [5.74, 6) is -0.0784. The number of anilines is 1. The second kappa shape index (κ2) is 5.36. The minimum atomic E-state index is -0.754. The Labute approximate surface area is 125 Å². The molecule has 0 fully saturated rings. The van der Waals surface area contributed by atoms with Gasteiger partial charge in [-0.15, -0.1) is 0 Å². The van der Waals surface area contributed by atoms with E-state index in [0.29, 0.717) is 16.9 Å². The third-order valence-electron chi connectivity index (χ3n) is 3.38. The van der Waals surface area contributed by atoms with E-state index >= 15 is 0 Å². The molecule has 0 aromatic heterocycles.